The minimum atomic E-state index is -1.20. The van der Waals surface area contributed by atoms with Gasteiger partial charge in [-0.25, -0.2) is 0 Å². The van der Waals surface area contributed by atoms with Gasteiger partial charge in [-0.2, -0.15) is 12.6 Å². The third-order valence-electron chi connectivity index (χ3n) is 2.55. The van der Waals surface area contributed by atoms with Gasteiger partial charge in [0.1, 0.15) is 18.6 Å². The van der Waals surface area contributed by atoms with Crippen LogP contribution in [0.3, 0.4) is 0 Å². The number of carbonyl (C=O) groups excluding carboxylic acids is 3. The summed E-state index contributed by atoms with van der Waals surface area (Å²) < 4.78 is 4.64. The van der Waals surface area contributed by atoms with Crippen molar-refractivity contribution < 1.29 is 29.0 Å². The lowest BCUT2D eigenvalue weighted by Gasteiger charge is -2.16. The SMILES string of the molecule is CCOC(=O)CNC(=O)[C@H](CS)NC(=O)CC[C@H](N)C(=O)O.Cl. The molecule has 0 aliphatic carbocycles. The van der Waals surface area contributed by atoms with Crippen molar-refractivity contribution in [3.63, 3.8) is 0 Å². The lowest BCUT2D eigenvalue weighted by atomic mass is 10.1. The summed E-state index contributed by atoms with van der Waals surface area (Å²) in [4.78, 5) is 45.0. The summed E-state index contributed by atoms with van der Waals surface area (Å²) in [5, 5.41) is 13.3. The zero-order valence-corrected chi connectivity index (χ0v) is 14.3. The number of carboxylic acid groups (broad SMARTS) is 1. The molecule has 0 aromatic heterocycles. The first-order valence-corrected chi connectivity index (χ1v) is 7.27. The second kappa shape index (κ2) is 13.0. The average molecular weight is 372 g/mol. The van der Waals surface area contributed by atoms with E-state index < -0.39 is 35.8 Å². The molecule has 2 amide bonds. The largest absolute Gasteiger partial charge is 0.480 e. The standard InChI is InChI=1S/C12H21N3O6S.ClH/c1-2-21-10(17)5-14-11(18)8(6-22)15-9(16)4-3-7(13)12(19)20;/h7-8,22H,2-6,13H2,1H3,(H,14,18)(H,15,16)(H,19,20);1H/t7-,8-;/m0./s1. The van der Waals surface area contributed by atoms with E-state index in [2.05, 4.69) is 28.0 Å². The predicted octanol–water partition coefficient (Wildman–Crippen LogP) is -1.31. The molecule has 5 N–H and O–H groups in total. The van der Waals surface area contributed by atoms with Gasteiger partial charge in [0, 0.05) is 12.2 Å². The molecule has 11 heteroatoms. The fourth-order valence-electron chi connectivity index (χ4n) is 1.37. The lowest BCUT2D eigenvalue weighted by Crippen LogP contribution is -2.49. The number of rotatable bonds is 10. The van der Waals surface area contributed by atoms with Crippen LogP contribution >= 0.6 is 25.0 Å². The highest BCUT2D eigenvalue weighted by Gasteiger charge is 2.21. The van der Waals surface area contributed by atoms with Gasteiger partial charge in [0.15, 0.2) is 0 Å². The molecule has 0 radical (unpaired) electrons. The molecule has 134 valence electrons. The molecular weight excluding hydrogens is 350 g/mol. The summed E-state index contributed by atoms with van der Waals surface area (Å²) in [6.07, 6.45) is -0.187. The van der Waals surface area contributed by atoms with Crippen LogP contribution in [0.4, 0.5) is 0 Å². The van der Waals surface area contributed by atoms with E-state index in [9.17, 15) is 19.2 Å². The van der Waals surface area contributed by atoms with Gasteiger partial charge in [0.25, 0.3) is 0 Å². The number of nitrogens with one attached hydrogen (secondary N) is 2. The molecule has 0 rings (SSSR count). The van der Waals surface area contributed by atoms with Crippen LogP contribution in [0.25, 0.3) is 0 Å². The van der Waals surface area contributed by atoms with Crippen molar-refractivity contribution in [1.29, 1.82) is 0 Å². The number of amides is 2. The molecule has 0 fully saturated rings. The number of aliphatic carboxylic acids is 1. The maximum atomic E-state index is 11.8. The van der Waals surface area contributed by atoms with Gasteiger partial charge < -0.3 is 26.2 Å². The minimum absolute atomic E-state index is 0. The average Bonchev–Trinajstić information content (AvgIpc) is 2.47. The van der Waals surface area contributed by atoms with E-state index in [0.29, 0.717) is 0 Å². The molecule has 2 atom stereocenters. The second-order valence-corrected chi connectivity index (χ2v) is 4.67. The number of hydrogen-bond acceptors (Lipinski definition) is 7. The first-order valence-electron chi connectivity index (χ1n) is 6.63. The molecule has 0 bridgehead atoms. The van der Waals surface area contributed by atoms with Gasteiger partial charge in [0.05, 0.1) is 6.61 Å². The molecule has 0 heterocycles. The first-order chi connectivity index (χ1) is 10.3. The number of thiol groups is 1. The molecule has 23 heavy (non-hydrogen) atoms. The van der Waals surface area contributed by atoms with Gasteiger partial charge in [0.2, 0.25) is 11.8 Å². The van der Waals surface area contributed by atoms with Crippen LogP contribution in [0, 0.1) is 0 Å². The van der Waals surface area contributed by atoms with Crippen LogP contribution in [0.2, 0.25) is 0 Å². The van der Waals surface area contributed by atoms with Crippen molar-refractivity contribution in [2.75, 3.05) is 18.9 Å². The lowest BCUT2D eigenvalue weighted by molar-refractivity contribution is -0.143. The van der Waals surface area contributed by atoms with Gasteiger partial charge in [-0.3, -0.25) is 19.2 Å². The highest BCUT2D eigenvalue weighted by molar-refractivity contribution is 7.80. The Labute approximate surface area is 145 Å². The summed E-state index contributed by atoms with van der Waals surface area (Å²) in [6.45, 7) is 1.53. The van der Waals surface area contributed by atoms with Crippen LogP contribution in [0.15, 0.2) is 0 Å². The fraction of sp³-hybridized carbons (Fsp3) is 0.667. The Morgan fingerprint density at radius 3 is 2.39 bits per heavy atom. The topological polar surface area (TPSA) is 148 Å². The molecule has 0 aliphatic rings. The maximum Gasteiger partial charge on any atom is 0.325 e. The number of ether oxygens (including phenoxy) is 1. The van der Waals surface area contributed by atoms with Crippen LogP contribution in [-0.4, -0.2) is 59.8 Å². The van der Waals surface area contributed by atoms with Gasteiger partial charge in [-0.05, 0) is 13.3 Å². The molecule has 0 saturated heterocycles. The molecule has 9 nitrogen and oxygen atoms in total. The predicted molar refractivity (Wildman–Crippen MR) is 87.5 cm³/mol. The monoisotopic (exact) mass is 371 g/mol. The maximum absolute atomic E-state index is 11.8. The summed E-state index contributed by atoms with van der Waals surface area (Å²) >= 11 is 3.95. The van der Waals surface area contributed by atoms with Gasteiger partial charge in [-0.15, -0.1) is 12.4 Å². The molecule has 0 aliphatic heterocycles. The quantitative estimate of drug-likeness (QED) is 0.236. The third-order valence-corrected chi connectivity index (χ3v) is 2.91. The van der Waals surface area contributed by atoms with Crippen molar-refractivity contribution in [2.45, 2.75) is 31.8 Å². The van der Waals surface area contributed by atoms with Crippen molar-refractivity contribution in [3.05, 3.63) is 0 Å². The number of carbonyl (C=O) groups is 4. The third kappa shape index (κ3) is 10.8. The van der Waals surface area contributed by atoms with E-state index in [-0.39, 0.29) is 44.2 Å². The molecule has 0 saturated carbocycles. The summed E-state index contributed by atoms with van der Waals surface area (Å²) in [7, 11) is 0. The van der Waals surface area contributed by atoms with E-state index >= 15 is 0 Å². The minimum Gasteiger partial charge on any atom is -0.480 e. The van der Waals surface area contributed by atoms with E-state index in [1.54, 1.807) is 6.92 Å². The summed E-state index contributed by atoms with van der Waals surface area (Å²) in [5.74, 6) is -2.88. The molecule has 0 aromatic carbocycles. The van der Waals surface area contributed by atoms with Gasteiger partial charge in [-0.1, -0.05) is 0 Å². The fourth-order valence-corrected chi connectivity index (χ4v) is 1.62. The summed E-state index contributed by atoms with van der Waals surface area (Å²) in [5.41, 5.74) is 5.27. The first kappa shape index (κ1) is 23.7. The smallest absolute Gasteiger partial charge is 0.325 e. The van der Waals surface area contributed by atoms with E-state index in [4.69, 9.17) is 10.8 Å². The number of esters is 1. The Morgan fingerprint density at radius 2 is 1.91 bits per heavy atom. The Morgan fingerprint density at radius 1 is 1.30 bits per heavy atom. The van der Waals surface area contributed by atoms with Crippen LogP contribution in [0.1, 0.15) is 19.8 Å². The highest BCUT2D eigenvalue weighted by atomic mass is 35.5. The highest BCUT2D eigenvalue weighted by Crippen LogP contribution is 1.97. The van der Waals surface area contributed by atoms with Gasteiger partial charge >= 0.3 is 11.9 Å². The zero-order chi connectivity index (χ0) is 17.1. The number of nitrogens with two attached hydrogens (primary N) is 1. The Kier molecular flexibility index (Phi) is 13.4. The van der Waals surface area contributed by atoms with Crippen LogP contribution in [-0.2, 0) is 23.9 Å². The van der Waals surface area contributed by atoms with Crippen LogP contribution < -0.4 is 16.4 Å². The van der Waals surface area contributed by atoms with Crippen molar-refractivity contribution >= 4 is 48.8 Å². The van der Waals surface area contributed by atoms with E-state index in [0.717, 1.165) is 0 Å². The zero-order valence-electron chi connectivity index (χ0n) is 12.6. The van der Waals surface area contributed by atoms with Crippen molar-refractivity contribution in [3.8, 4) is 0 Å². The Bertz CT molecular complexity index is 424. The van der Waals surface area contributed by atoms with E-state index in [1.807, 2.05) is 0 Å². The molecule has 0 aromatic rings. The number of halogens is 1. The molecule has 0 spiro atoms. The van der Waals surface area contributed by atoms with Crippen molar-refractivity contribution in [2.24, 2.45) is 5.73 Å². The second-order valence-electron chi connectivity index (χ2n) is 4.31. The Hall–Kier alpha value is -1.52. The number of carboxylic acids is 1. The normalized spacial score (nSPS) is 12.3. The summed E-state index contributed by atoms with van der Waals surface area (Å²) in [6, 6.07) is -2.08. The molecule has 0 unspecified atom stereocenters. The van der Waals surface area contributed by atoms with Crippen LogP contribution in [0.5, 0.6) is 0 Å². The Balaban J connectivity index is 0. The van der Waals surface area contributed by atoms with E-state index in [1.165, 1.54) is 0 Å². The molecular formula is C12H22ClN3O6S. The van der Waals surface area contributed by atoms with Crippen molar-refractivity contribution in [1.82, 2.24) is 10.6 Å². The number of hydrogen-bond donors (Lipinski definition) is 5.